The van der Waals surface area contributed by atoms with Crippen molar-refractivity contribution in [1.82, 2.24) is 10.2 Å². The quantitative estimate of drug-likeness (QED) is 0.630. The molecule has 1 aliphatic heterocycles. The van der Waals surface area contributed by atoms with Gasteiger partial charge in [0, 0.05) is 32.3 Å². The molecule has 18 heavy (non-hydrogen) atoms. The van der Waals surface area contributed by atoms with Gasteiger partial charge in [-0.3, -0.25) is 4.90 Å². The highest BCUT2D eigenvalue weighted by Crippen LogP contribution is 2.27. The van der Waals surface area contributed by atoms with Gasteiger partial charge in [-0.25, -0.2) is 0 Å². The van der Waals surface area contributed by atoms with E-state index in [0.717, 1.165) is 25.8 Å². The van der Waals surface area contributed by atoms with E-state index in [1.807, 2.05) is 0 Å². The molecular formula is C14H28N2O2. The maximum absolute atomic E-state index is 5.58. The highest BCUT2D eigenvalue weighted by Gasteiger charge is 2.30. The van der Waals surface area contributed by atoms with E-state index in [-0.39, 0.29) is 0 Å². The largest absolute Gasteiger partial charge is 0.382 e. The van der Waals surface area contributed by atoms with Crippen LogP contribution in [0.5, 0.6) is 0 Å². The summed E-state index contributed by atoms with van der Waals surface area (Å²) in [5.41, 5.74) is 0. The standard InChI is InChI=1S/C14H28N2O2/c1-17-10-11-18-9-8-16(14-5-6-14)12-13-4-2-3-7-15-13/h13-15H,2-12H2,1H3. The third-order valence-corrected chi connectivity index (χ3v) is 3.89. The van der Waals surface area contributed by atoms with Crippen LogP contribution < -0.4 is 5.32 Å². The van der Waals surface area contributed by atoms with Gasteiger partial charge in [-0.05, 0) is 32.2 Å². The first kappa shape index (κ1) is 14.3. The SMILES string of the molecule is COCCOCCN(CC1CCCCN1)C1CC1. The molecule has 4 nitrogen and oxygen atoms in total. The monoisotopic (exact) mass is 256 g/mol. The third kappa shape index (κ3) is 5.22. The summed E-state index contributed by atoms with van der Waals surface area (Å²) in [6.07, 6.45) is 6.84. The highest BCUT2D eigenvalue weighted by molar-refractivity contribution is 4.87. The summed E-state index contributed by atoms with van der Waals surface area (Å²) in [5.74, 6) is 0. The summed E-state index contributed by atoms with van der Waals surface area (Å²) in [6, 6.07) is 1.54. The Morgan fingerprint density at radius 1 is 1.11 bits per heavy atom. The predicted octanol–water partition coefficient (Wildman–Crippen LogP) is 1.26. The van der Waals surface area contributed by atoms with Gasteiger partial charge in [0.15, 0.2) is 0 Å². The number of rotatable bonds is 9. The molecule has 2 aliphatic rings. The minimum atomic E-state index is 0.702. The summed E-state index contributed by atoms with van der Waals surface area (Å²) in [6.45, 7) is 5.75. The van der Waals surface area contributed by atoms with Crippen molar-refractivity contribution in [2.45, 2.75) is 44.2 Å². The maximum Gasteiger partial charge on any atom is 0.0700 e. The number of ether oxygens (including phenoxy) is 2. The molecule has 0 bridgehead atoms. The van der Waals surface area contributed by atoms with E-state index in [2.05, 4.69) is 10.2 Å². The second kappa shape index (κ2) is 8.10. The van der Waals surface area contributed by atoms with E-state index in [1.54, 1.807) is 7.11 Å². The number of nitrogens with one attached hydrogen (secondary N) is 1. The molecule has 1 saturated heterocycles. The lowest BCUT2D eigenvalue weighted by Gasteiger charge is -2.30. The average molecular weight is 256 g/mol. The molecule has 1 unspecified atom stereocenters. The molecule has 4 heteroatoms. The maximum atomic E-state index is 5.58. The molecule has 1 atom stereocenters. The number of methoxy groups -OCH3 is 1. The molecule has 0 amide bonds. The van der Waals surface area contributed by atoms with Crippen LogP contribution in [0.3, 0.4) is 0 Å². The van der Waals surface area contributed by atoms with Crippen LogP contribution in [0.25, 0.3) is 0 Å². The zero-order valence-electron chi connectivity index (χ0n) is 11.7. The fraction of sp³-hybridized carbons (Fsp3) is 1.00. The lowest BCUT2D eigenvalue weighted by atomic mass is 10.0. The first-order chi connectivity index (χ1) is 8.90. The molecule has 0 aromatic heterocycles. The molecule has 1 saturated carbocycles. The Balaban J connectivity index is 1.61. The van der Waals surface area contributed by atoms with E-state index in [4.69, 9.17) is 9.47 Å². The Labute approximate surface area is 111 Å². The van der Waals surface area contributed by atoms with Gasteiger partial charge in [-0.1, -0.05) is 6.42 Å². The van der Waals surface area contributed by atoms with Crippen molar-refractivity contribution in [2.24, 2.45) is 0 Å². The first-order valence-electron chi connectivity index (χ1n) is 7.44. The Kier molecular flexibility index (Phi) is 6.41. The molecule has 0 radical (unpaired) electrons. The number of piperidine rings is 1. The van der Waals surface area contributed by atoms with Crippen molar-refractivity contribution in [2.75, 3.05) is 46.6 Å². The predicted molar refractivity (Wildman–Crippen MR) is 72.9 cm³/mol. The summed E-state index contributed by atoms with van der Waals surface area (Å²) in [5, 5.41) is 3.64. The van der Waals surface area contributed by atoms with Crippen LogP contribution in [0.1, 0.15) is 32.1 Å². The van der Waals surface area contributed by atoms with Crippen molar-refractivity contribution in [3.05, 3.63) is 0 Å². The lowest BCUT2D eigenvalue weighted by Crippen LogP contribution is -2.45. The van der Waals surface area contributed by atoms with Crippen LogP contribution in [0.2, 0.25) is 0 Å². The number of hydrogen-bond acceptors (Lipinski definition) is 4. The molecular weight excluding hydrogens is 228 g/mol. The van der Waals surface area contributed by atoms with Crippen LogP contribution in [0.4, 0.5) is 0 Å². The van der Waals surface area contributed by atoms with Crippen molar-refractivity contribution in [1.29, 1.82) is 0 Å². The van der Waals surface area contributed by atoms with Crippen molar-refractivity contribution < 1.29 is 9.47 Å². The fourth-order valence-electron chi connectivity index (χ4n) is 2.65. The highest BCUT2D eigenvalue weighted by atomic mass is 16.5. The molecule has 1 N–H and O–H groups in total. The Morgan fingerprint density at radius 2 is 2.00 bits per heavy atom. The summed E-state index contributed by atoms with van der Waals surface area (Å²) < 4.78 is 10.6. The summed E-state index contributed by atoms with van der Waals surface area (Å²) in [7, 11) is 1.72. The summed E-state index contributed by atoms with van der Waals surface area (Å²) in [4.78, 5) is 2.62. The zero-order chi connectivity index (χ0) is 12.6. The number of nitrogens with zero attached hydrogens (tertiary/aromatic N) is 1. The van der Waals surface area contributed by atoms with E-state index < -0.39 is 0 Å². The molecule has 1 heterocycles. The second-order valence-electron chi connectivity index (χ2n) is 5.48. The molecule has 2 rings (SSSR count). The van der Waals surface area contributed by atoms with Gasteiger partial charge < -0.3 is 14.8 Å². The fourth-order valence-corrected chi connectivity index (χ4v) is 2.65. The Morgan fingerprint density at radius 3 is 2.67 bits per heavy atom. The van der Waals surface area contributed by atoms with E-state index in [9.17, 15) is 0 Å². The van der Waals surface area contributed by atoms with E-state index >= 15 is 0 Å². The van der Waals surface area contributed by atoms with Gasteiger partial charge >= 0.3 is 0 Å². The number of hydrogen-bond donors (Lipinski definition) is 1. The van der Waals surface area contributed by atoms with Crippen LogP contribution in [0, 0.1) is 0 Å². The van der Waals surface area contributed by atoms with Gasteiger partial charge in [0.2, 0.25) is 0 Å². The molecule has 0 aromatic rings. The topological polar surface area (TPSA) is 33.7 Å². The molecule has 0 spiro atoms. The smallest absolute Gasteiger partial charge is 0.0700 e. The van der Waals surface area contributed by atoms with E-state index in [0.29, 0.717) is 12.6 Å². The minimum Gasteiger partial charge on any atom is -0.382 e. The lowest BCUT2D eigenvalue weighted by molar-refractivity contribution is 0.0536. The van der Waals surface area contributed by atoms with Crippen molar-refractivity contribution >= 4 is 0 Å². The zero-order valence-corrected chi connectivity index (χ0v) is 11.7. The van der Waals surface area contributed by atoms with Gasteiger partial charge in [-0.2, -0.15) is 0 Å². The normalized spacial score (nSPS) is 24.7. The van der Waals surface area contributed by atoms with Gasteiger partial charge in [0.1, 0.15) is 0 Å². The van der Waals surface area contributed by atoms with Crippen LogP contribution in [0.15, 0.2) is 0 Å². The second-order valence-corrected chi connectivity index (χ2v) is 5.48. The average Bonchev–Trinajstić information content (AvgIpc) is 3.23. The summed E-state index contributed by atoms with van der Waals surface area (Å²) >= 11 is 0. The molecule has 2 fully saturated rings. The van der Waals surface area contributed by atoms with Gasteiger partial charge in [0.25, 0.3) is 0 Å². The van der Waals surface area contributed by atoms with Crippen LogP contribution >= 0.6 is 0 Å². The minimum absolute atomic E-state index is 0.702. The molecule has 1 aliphatic carbocycles. The first-order valence-corrected chi connectivity index (χ1v) is 7.44. The van der Waals surface area contributed by atoms with Crippen LogP contribution in [-0.4, -0.2) is 63.5 Å². The van der Waals surface area contributed by atoms with E-state index in [1.165, 1.54) is 45.2 Å². The van der Waals surface area contributed by atoms with Crippen LogP contribution in [-0.2, 0) is 9.47 Å². The van der Waals surface area contributed by atoms with Crippen molar-refractivity contribution in [3.63, 3.8) is 0 Å². The van der Waals surface area contributed by atoms with Crippen molar-refractivity contribution in [3.8, 4) is 0 Å². The van der Waals surface area contributed by atoms with Gasteiger partial charge in [0.05, 0.1) is 19.8 Å². The molecule has 0 aromatic carbocycles. The Bertz CT molecular complexity index is 216. The Hall–Kier alpha value is -0.160. The third-order valence-electron chi connectivity index (χ3n) is 3.89. The molecule has 106 valence electrons. The van der Waals surface area contributed by atoms with Gasteiger partial charge in [-0.15, -0.1) is 0 Å².